The molecule has 2 rings (SSSR count). The highest BCUT2D eigenvalue weighted by Crippen LogP contribution is 2.22. The van der Waals surface area contributed by atoms with Crippen LogP contribution in [-0.4, -0.2) is 48.4 Å². The Morgan fingerprint density at radius 3 is 2.90 bits per heavy atom. The summed E-state index contributed by atoms with van der Waals surface area (Å²) in [5, 5.41) is 6.28. The van der Waals surface area contributed by atoms with Crippen molar-refractivity contribution in [2.45, 2.75) is 51.6 Å². The quantitative estimate of drug-likeness (QED) is 0.794. The van der Waals surface area contributed by atoms with Gasteiger partial charge in [-0.05, 0) is 26.3 Å². The molecule has 3 atom stereocenters. The standard InChI is InChI=1S/C14H25N3O2.ClH/c1-3-4-10(2)17-9-11(7-13(17)18)14(19)16-12-5-6-15-8-12;/h10-12,15H,3-9H2,1-2H3,(H,16,19);1H. The molecule has 0 aliphatic carbocycles. The highest BCUT2D eigenvalue weighted by molar-refractivity contribution is 5.89. The SMILES string of the molecule is CCCC(C)N1CC(C(=O)NC2CCNC2)CC1=O.Cl. The maximum atomic E-state index is 12.2. The molecule has 0 aromatic carbocycles. The van der Waals surface area contributed by atoms with Gasteiger partial charge < -0.3 is 15.5 Å². The van der Waals surface area contributed by atoms with Crippen molar-refractivity contribution in [1.82, 2.24) is 15.5 Å². The molecule has 2 saturated heterocycles. The second-order valence-electron chi connectivity index (χ2n) is 5.78. The van der Waals surface area contributed by atoms with Gasteiger partial charge in [-0.2, -0.15) is 0 Å². The van der Waals surface area contributed by atoms with Crippen LogP contribution in [0, 0.1) is 5.92 Å². The number of carbonyl (C=O) groups excluding carboxylic acids is 2. The van der Waals surface area contributed by atoms with E-state index in [0.29, 0.717) is 13.0 Å². The molecule has 2 aliphatic rings. The van der Waals surface area contributed by atoms with Gasteiger partial charge in [-0.1, -0.05) is 13.3 Å². The topological polar surface area (TPSA) is 61.4 Å². The zero-order valence-corrected chi connectivity index (χ0v) is 13.2. The molecule has 6 heteroatoms. The predicted octanol–water partition coefficient (Wildman–Crippen LogP) is 0.923. The highest BCUT2D eigenvalue weighted by atomic mass is 35.5. The normalized spacial score (nSPS) is 27.3. The van der Waals surface area contributed by atoms with E-state index in [1.165, 1.54) is 0 Å². The predicted molar refractivity (Wildman–Crippen MR) is 80.9 cm³/mol. The number of hydrogen-bond acceptors (Lipinski definition) is 3. The Labute approximate surface area is 127 Å². The summed E-state index contributed by atoms with van der Waals surface area (Å²) in [7, 11) is 0. The van der Waals surface area contributed by atoms with Gasteiger partial charge in [-0.25, -0.2) is 0 Å². The van der Waals surface area contributed by atoms with Crippen LogP contribution in [0.4, 0.5) is 0 Å². The Balaban J connectivity index is 0.00000200. The fourth-order valence-corrected chi connectivity index (χ4v) is 3.00. The molecule has 2 fully saturated rings. The van der Waals surface area contributed by atoms with Crippen molar-refractivity contribution in [1.29, 1.82) is 0 Å². The van der Waals surface area contributed by atoms with E-state index in [1.807, 2.05) is 4.90 Å². The molecule has 0 aromatic heterocycles. The lowest BCUT2D eigenvalue weighted by molar-refractivity contribution is -0.130. The third kappa shape index (κ3) is 4.09. The molecular weight excluding hydrogens is 278 g/mol. The molecule has 2 aliphatic heterocycles. The third-order valence-electron chi connectivity index (χ3n) is 4.17. The van der Waals surface area contributed by atoms with Gasteiger partial charge in [0, 0.05) is 31.6 Å². The second kappa shape index (κ2) is 7.84. The zero-order valence-electron chi connectivity index (χ0n) is 12.4. The van der Waals surface area contributed by atoms with Gasteiger partial charge in [-0.15, -0.1) is 12.4 Å². The largest absolute Gasteiger partial charge is 0.352 e. The summed E-state index contributed by atoms with van der Waals surface area (Å²) in [5.74, 6) is 0.0197. The fraction of sp³-hybridized carbons (Fsp3) is 0.857. The van der Waals surface area contributed by atoms with E-state index in [0.717, 1.165) is 32.4 Å². The van der Waals surface area contributed by atoms with Crippen LogP contribution in [0.2, 0.25) is 0 Å². The fourth-order valence-electron chi connectivity index (χ4n) is 3.00. The van der Waals surface area contributed by atoms with Crippen molar-refractivity contribution in [2.24, 2.45) is 5.92 Å². The van der Waals surface area contributed by atoms with Crippen molar-refractivity contribution in [3.8, 4) is 0 Å². The van der Waals surface area contributed by atoms with Crippen LogP contribution >= 0.6 is 12.4 Å². The monoisotopic (exact) mass is 303 g/mol. The Hall–Kier alpha value is -0.810. The molecule has 20 heavy (non-hydrogen) atoms. The van der Waals surface area contributed by atoms with Crippen LogP contribution in [0.5, 0.6) is 0 Å². The smallest absolute Gasteiger partial charge is 0.225 e. The lowest BCUT2D eigenvalue weighted by Gasteiger charge is -2.24. The number of amides is 2. The maximum Gasteiger partial charge on any atom is 0.225 e. The van der Waals surface area contributed by atoms with E-state index in [9.17, 15) is 9.59 Å². The van der Waals surface area contributed by atoms with Gasteiger partial charge in [0.15, 0.2) is 0 Å². The van der Waals surface area contributed by atoms with Crippen LogP contribution in [0.25, 0.3) is 0 Å². The number of nitrogens with zero attached hydrogens (tertiary/aromatic N) is 1. The van der Waals surface area contributed by atoms with Crippen LogP contribution < -0.4 is 10.6 Å². The molecule has 5 nitrogen and oxygen atoms in total. The summed E-state index contributed by atoms with van der Waals surface area (Å²) < 4.78 is 0. The second-order valence-corrected chi connectivity index (χ2v) is 5.78. The first kappa shape index (κ1) is 17.2. The summed E-state index contributed by atoms with van der Waals surface area (Å²) in [5.41, 5.74) is 0. The molecule has 116 valence electrons. The van der Waals surface area contributed by atoms with Gasteiger partial charge in [0.2, 0.25) is 11.8 Å². The minimum atomic E-state index is -0.160. The minimum Gasteiger partial charge on any atom is -0.352 e. The number of rotatable bonds is 5. The van der Waals surface area contributed by atoms with Gasteiger partial charge in [-0.3, -0.25) is 9.59 Å². The Morgan fingerprint density at radius 2 is 2.30 bits per heavy atom. The molecule has 3 unspecified atom stereocenters. The van der Waals surface area contributed by atoms with E-state index < -0.39 is 0 Å². The Morgan fingerprint density at radius 1 is 1.55 bits per heavy atom. The average molecular weight is 304 g/mol. The Kier molecular flexibility index (Phi) is 6.76. The van der Waals surface area contributed by atoms with Crippen molar-refractivity contribution < 1.29 is 9.59 Å². The maximum absolute atomic E-state index is 12.2. The number of likely N-dealkylation sites (tertiary alicyclic amines) is 1. The van der Waals surface area contributed by atoms with Crippen molar-refractivity contribution in [2.75, 3.05) is 19.6 Å². The lowest BCUT2D eigenvalue weighted by atomic mass is 10.1. The van der Waals surface area contributed by atoms with Gasteiger partial charge in [0.25, 0.3) is 0 Å². The summed E-state index contributed by atoms with van der Waals surface area (Å²) in [6.07, 6.45) is 3.44. The number of hydrogen-bond donors (Lipinski definition) is 2. The van der Waals surface area contributed by atoms with Crippen LogP contribution in [0.1, 0.15) is 39.5 Å². The minimum absolute atomic E-state index is 0. The van der Waals surface area contributed by atoms with Gasteiger partial charge in [0.05, 0.1) is 5.92 Å². The molecule has 0 aromatic rings. The molecule has 2 amide bonds. The van der Waals surface area contributed by atoms with Gasteiger partial charge >= 0.3 is 0 Å². The summed E-state index contributed by atoms with van der Waals surface area (Å²) in [6.45, 7) is 6.60. The Bertz CT molecular complexity index is 345. The van der Waals surface area contributed by atoms with E-state index >= 15 is 0 Å². The summed E-state index contributed by atoms with van der Waals surface area (Å²) in [6, 6.07) is 0.494. The third-order valence-corrected chi connectivity index (χ3v) is 4.17. The number of nitrogens with one attached hydrogen (secondary N) is 2. The first-order chi connectivity index (χ1) is 9.11. The molecular formula is C14H26ClN3O2. The lowest BCUT2D eigenvalue weighted by Crippen LogP contribution is -2.41. The highest BCUT2D eigenvalue weighted by Gasteiger charge is 2.36. The first-order valence-electron chi connectivity index (χ1n) is 7.42. The van der Waals surface area contributed by atoms with Crippen LogP contribution in [-0.2, 0) is 9.59 Å². The average Bonchev–Trinajstić information content (AvgIpc) is 2.98. The van der Waals surface area contributed by atoms with Crippen LogP contribution in [0.15, 0.2) is 0 Å². The van der Waals surface area contributed by atoms with Crippen LogP contribution in [0.3, 0.4) is 0 Å². The van der Waals surface area contributed by atoms with E-state index in [2.05, 4.69) is 24.5 Å². The molecule has 2 heterocycles. The summed E-state index contributed by atoms with van der Waals surface area (Å²) >= 11 is 0. The van der Waals surface area contributed by atoms with Crippen molar-refractivity contribution >= 4 is 24.2 Å². The molecule has 0 bridgehead atoms. The molecule has 0 spiro atoms. The van der Waals surface area contributed by atoms with E-state index in [4.69, 9.17) is 0 Å². The number of halogens is 1. The van der Waals surface area contributed by atoms with Gasteiger partial charge in [0.1, 0.15) is 0 Å². The van der Waals surface area contributed by atoms with E-state index in [1.54, 1.807) is 0 Å². The number of carbonyl (C=O) groups is 2. The van der Waals surface area contributed by atoms with E-state index in [-0.39, 0.29) is 42.2 Å². The zero-order chi connectivity index (χ0) is 13.8. The molecule has 0 radical (unpaired) electrons. The van der Waals surface area contributed by atoms with Crippen molar-refractivity contribution in [3.05, 3.63) is 0 Å². The molecule has 2 N–H and O–H groups in total. The summed E-state index contributed by atoms with van der Waals surface area (Å²) in [4.78, 5) is 26.0. The first-order valence-corrected chi connectivity index (χ1v) is 7.42. The molecule has 0 saturated carbocycles. The van der Waals surface area contributed by atoms with Crippen molar-refractivity contribution in [3.63, 3.8) is 0 Å².